The minimum absolute atomic E-state index is 0.0831. The zero-order valence-electron chi connectivity index (χ0n) is 15.1. The van der Waals surface area contributed by atoms with Crippen LogP contribution in [0.5, 0.6) is 5.88 Å². The summed E-state index contributed by atoms with van der Waals surface area (Å²) in [5.41, 5.74) is 0.851. The van der Waals surface area contributed by atoms with Gasteiger partial charge in [-0.3, -0.25) is 9.59 Å². The first-order valence-corrected chi connectivity index (χ1v) is 8.73. The van der Waals surface area contributed by atoms with Gasteiger partial charge in [0.1, 0.15) is 0 Å². The van der Waals surface area contributed by atoms with Gasteiger partial charge in [-0.25, -0.2) is 4.98 Å². The molecule has 0 bridgehead atoms. The number of amides is 2. The van der Waals surface area contributed by atoms with E-state index in [0.717, 1.165) is 5.69 Å². The average Bonchev–Trinajstić information content (AvgIpc) is 3.01. The normalized spacial score (nSPS) is 21.0. The predicted octanol–water partition coefficient (Wildman–Crippen LogP) is 0.311. The Kier molecular flexibility index (Phi) is 5.06. The zero-order valence-corrected chi connectivity index (χ0v) is 15.1. The van der Waals surface area contributed by atoms with Gasteiger partial charge >= 0.3 is 0 Å². The number of aromatic nitrogens is 2. The highest BCUT2D eigenvalue weighted by atomic mass is 16.5. The molecule has 25 heavy (non-hydrogen) atoms. The first-order chi connectivity index (χ1) is 12.0. The van der Waals surface area contributed by atoms with E-state index in [9.17, 15) is 9.59 Å². The zero-order chi connectivity index (χ0) is 18.0. The second kappa shape index (κ2) is 7.25. The largest absolute Gasteiger partial charge is 0.481 e. The van der Waals surface area contributed by atoms with Crippen molar-refractivity contribution in [2.45, 2.75) is 20.3 Å². The molecular weight excluding hydrogens is 322 g/mol. The van der Waals surface area contributed by atoms with Gasteiger partial charge in [0.05, 0.1) is 13.0 Å². The summed E-state index contributed by atoms with van der Waals surface area (Å²) in [6, 6.07) is 1.79. The summed E-state index contributed by atoms with van der Waals surface area (Å²) >= 11 is 0. The van der Waals surface area contributed by atoms with Crippen LogP contribution >= 0.6 is 0 Å². The minimum Gasteiger partial charge on any atom is -0.481 e. The molecule has 0 radical (unpaired) electrons. The molecule has 1 atom stereocenters. The number of carbonyl (C=O) groups excluding carboxylic acids is 2. The molecule has 0 aliphatic carbocycles. The maximum atomic E-state index is 12.7. The summed E-state index contributed by atoms with van der Waals surface area (Å²) in [4.78, 5) is 39.1. The predicted molar refractivity (Wildman–Crippen MR) is 92.5 cm³/mol. The quantitative estimate of drug-likeness (QED) is 0.780. The van der Waals surface area contributed by atoms with E-state index in [2.05, 4.69) is 14.9 Å². The maximum absolute atomic E-state index is 12.7. The highest BCUT2D eigenvalue weighted by Gasteiger charge is 2.36. The third kappa shape index (κ3) is 3.67. The molecule has 0 unspecified atom stereocenters. The van der Waals surface area contributed by atoms with Crippen LogP contribution in [0.15, 0.2) is 6.07 Å². The third-order valence-electron chi connectivity index (χ3n) is 4.85. The number of aryl methyl sites for hydroxylation is 1. The Balaban J connectivity index is 1.59. The molecule has 2 fully saturated rings. The first kappa shape index (κ1) is 17.4. The number of nitrogens with zero attached hydrogens (tertiary/aromatic N) is 5. The summed E-state index contributed by atoms with van der Waals surface area (Å²) in [5.74, 6) is 1.16. The number of carbonyl (C=O) groups is 2. The number of likely N-dealkylation sites (tertiary alicyclic amines) is 1. The Bertz CT molecular complexity index is 658. The Morgan fingerprint density at radius 1 is 1.28 bits per heavy atom. The number of piperazine rings is 1. The highest BCUT2D eigenvalue weighted by molar-refractivity contribution is 5.89. The third-order valence-corrected chi connectivity index (χ3v) is 4.85. The van der Waals surface area contributed by atoms with Crippen LogP contribution in [0.1, 0.15) is 19.0 Å². The molecule has 8 nitrogen and oxygen atoms in total. The van der Waals surface area contributed by atoms with Gasteiger partial charge in [-0.15, -0.1) is 0 Å². The Morgan fingerprint density at radius 2 is 2.00 bits per heavy atom. The highest BCUT2D eigenvalue weighted by Crippen LogP contribution is 2.22. The van der Waals surface area contributed by atoms with Crippen molar-refractivity contribution in [2.24, 2.45) is 5.92 Å². The monoisotopic (exact) mass is 347 g/mol. The molecule has 0 N–H and O–H groups in total. The summed E-state index contributed by atoms with van der Waals surface area (Å²) < 4.78 is 5.21. The smallest absolute Gasteiger partial charge is 0.228 e. The van der Waals surface area contributed by atoms with E-state index in [0.29, 0.717) is 57.5 Å². The van der Waals surface area contributed by atoms with E-state index in [1.807, 2.05) is 18.7 Å². The average molecular weight is 347 g/mol. The second-order valence-electron chi connectivity index (χ2n) is 6.50. The fourth-order valence-electron chi connectivity index (χ4n) is 3.40. The number of methoxy groups -OCH3 is 1. The van der Waals surface area contributed by atoms with Crippen molar-refractivity contribution in [2.75, 3.05) is 51.3 Å². The Hall–Kier alpha value is -2.38. The van der Waals surface area contributed by atoms with Gasteiger partial charge in [0.2, 0.25) is 23.6 Å². The molecule has 0 spiro atoms. The molecule has 3 rings (SSSR count). The van der Waals surface area contributed by atoms with E-state index in [-0.39, 0.29) is 17.7 Å². The summed E-state index contributed by atoms with van der Waals surface area (Å²) in [5, 5.41) is 0. The molecular formula is C17H25N5O3. The second-order valence-corrected chi connectivity index (χ2v) is 6.50. The van der Waals surface area contributed by atoms with Crippen molar-refractivity contribution < 1.29 is 14.3 Å². The molecule has 2 aliphatic rings. The number of hydrogen-bond acceptors (Lipinski definition) is 6. The van der Waals surface area contributed by atoms with Crippen LogP contribution in [0.2, 0.25) is 0 Å². The maximum Gasteiger partial charge on any atom is 0.228 e. The van der Waals surface area contributed by atoms with Crippen molar-refractivity contribution in [1.29, 1.82) is 0 Å². The molecule has 1 aromatic heterocycles. The lowest BCUT2D eigenvalue weighted by Crippen LogP contribution is -2.51. The van der Waals surface area contributed by atoms with Gasteiger partial charge in [-0.1, -0.05) is 0 Å². The lowest BCUT2D eigenvalue weighted by molar-refractivity contribution is -0.136. The van der Waals surface area contributed by atoms with Crippen LogP contribution in [-0.4, -0.2) is 78.0 Å². The minimum atomic E-state index is -0.200. The number of hydrogen-bond donors (Lipinski definition) is 0. The topological polar surface area (TPSA) is 78.9 Å². The summed E-state index contributed by atoms with van der Waals surface area (Å²) in [7, 11) is 1.59. The van der Waals surface area contributed by atoms with Gasteiger partial charge in [0.25, 0.3) is 0 Å². The van der Waals surface area contributed by atoms with Crippen LogP contribution < -0.4 is 9.64 Å². The van der Waals surface area contributed by atoms with E-state index in [1.54, 1.807) is 18.1 Å². The van der Waals surface area contributed by atoms with Crippen molar-refractivity contribution in [3.05, 3.63) is 11.8 Å². The van der Waals surface area contributed by atoms with Gasteiger partial charge in [-0.05, 0) is 13.8 Å². The standard InChI is InChI=1S/C17H25N5O3/c1-4-20-11-13(10-15(20)23)16(24)21-5-7-22(8-6-21)17-18-12(2)9-14(19-17)25-3/h9,13H,4-8,10-11H2,1-3H3/t13-/m0/s1. The van der Waals surface area contributed by atoms with Crippen molar-refractivity contribution in [3.8, 4) is 5.88 Å². The van der Waals surface area contributed by atoms with E-state index in [1.165, 1.54) is 0 Å². The van der Waals surface area contributed by atoms with Crippen LogP contribution in [-0.2, 0) is 9.59 Å². The Morgan fingerprint density at radius 3 is 2.60 bits per heavy atom. The lowest BCUT2D eigenvalue weighted by atomic mass is 10.1. The Labute approximate surface area is 147 Å². The number of ether oxygens (including phenoxy) is 1. The van der Waals surface area contributed by atoms with Gasteiger partial charge in [0.15, 0.2) is 0 Å². The van der Waals surface area contributed by atoms with E-state index < -0.39 is 0 Å². The van der Waals surface area contributed by atoms with Gasteiger partial charge in [-0.2, -0.15) is 4.98 Å². The molecule has 2 amide bonds. The van der Waals surface area contributed by atoms with Gasteiger partial charge in [0, 0.05) is 57.4 Å². The fourth-order valence-corrected chi connectivity index (χ4v) is 3.40. The lowest BCUT2D eigenvalue weighted by Gasteiger charge is -2.36. The molecule has 3 heterocycles. The van der Waals surface area contributed by atoms with Crippen molar-refractivity contribution in [1.82, 2.24) is 19.8 Å². The van der Waals surface area contributed by atoms with E-state index >= 15 is 0 Å². The summed E-state index contributed by atoms with van der Waals surface area (Å²) in [6.07, 6.45) is 0.338. The fraction of sp³-hybridized carbons (Fsp3) is 0.647. The van der Waals surface area contributed by atoms with Crippen molar-refractivity contribution >= 4 is 17.8 Å². The first-order valence-electron chi connectivity index (χ1n) is 8.73. The molecule has 2 aliphatic heterocycles. The van der Waals surface area contributed by atoms with E-state index in [4.69, 9.17) is 4.74 Å². The molecule has 0 saturated carbocycles. The van der Waals surface area contributed by atoms with Crippen LogP contribution in [0.25, 0.3) is 0 Å². The molecule has 136 valence electrons. The number of anilines is 1. The number of rotatable bonds is 4. The van der Waals surface area contributed by atoms with Crippen molar-refractivity contribution in [3.63, 3.8) is 0 Å². The van der Waals surface area contributed by atoms with Crippen LogP contribution in [0.4, 0.5) is 5.95 Å². The van der Waals surface area contributed by atoms with Gasteiger partial charge < -0.3 is 19.4 Å². The molecule has 2 saturated heterocycles. The molecule has 1 aromatic rings. The molecule has 8 heteroatoms. The summed E-state index contributed by atoms with van der Waals surface area (Å²) in [6.45, 7) is 7.66. The SMILES string of the molecule is CCN1C[C@@H](C(=O)N2CCN(c3nc(C)cc(OC)n3)CC2)CC1=O. The van der Waals surface area contributed by atoms with Crippen LogP contribution in [0.3, 0.4) is 0 Å². The molecule has 0 aromatic carbocycles. The van der Waals surface area contributed by atoms with Crippen LogP contribution in [0, 0.1) is 12.8 Å².